The van der Waals surface area contributed by atoms with Crippen LogP contribution in [0.25, 0.3) is 0 Å². The Balaban J connectivity index is 1.82. The van der Waals surface area contributed by atoms with Crippen molar-refractivity contribution in [2.75, 3.05) is 38.2 Å². The highest BCUT2D eigenvalue weighted by Crippen LogP contribution is 2.30. The lowest BCUT2D eigenvalue weighted by atomic mass is 10.0. The first-order valence-electron chi connectivity index (χ1n) is 8.60. The van der Waals surface area contributed by atoms with Crippen molar-refractivity contribution >= 4 is 23.0 Å². The fourth-order valence-corrected chi connectivity index (χ4v) is 3.23. The zero-order valence-electron chi connectivity index (χ0n) is 14.7. The molecule has 26 heavy (non-hydrogen) atoms. The standard InChI is InChI=1S/C19H22ClN3O3/c1-14-2-4-15(5-3-14)19(13-22-8-10-26-11-9-22)21-18-7-6-16(23(24)25)12-17(18)20/h2-7,12,19,21H,8-11,13H2,1H3. The highest BCUT2D eigenvalue weighted by Gasteiger charge is 2.20. The summed E-state index contributed by atoms with van der Waals surface area (Å²) >= 11 is 6.27. The van der Waals surface area contributed by atoms with Gasteiger partial charge in [-0.2, -0.15) is 0 Å². The number of rotatable bonds is 6. The molecule has 6 nitrogen and oxygen atoms in total. The predicted octanol–water partition coefficient (Wildman–Crippen LogP) is 4.04. The van der Waals surface area contributed by atoms with Crippen molar-refractivity contribution in [2.24, 2.45) is 0 Å². The second-order valence-corrected chi connectivity index (χ2v) is 6.85. The van der Waals surface area contributed by atoms with Crippen LogP contribution in [0.4, 0.5) is 11.4 Å². The van der Waals surface area contributed by atoms with Crippen molar-refractivity contribution in [2.45, 2.75) is 13.0 Å². The van der Waals surface area contributed by atoms with Crippen molar-refractivity contribution in [3.63, 3.8) is 0 Å². The van der Waals surface area contributed by atoms with Crippen LogP contribution in [0, 0.1) is 17.0 Å². The van der Waals surface area contributed by atoms with Gasteiger partial charge in [-0.1, -0.05) is 41.4 Å². The van der Waals surface area contributed by atoms with Gasteiger partial charge < -0.3 is 10.1 Å². The van der Waals surface area contributed by atoms with E-state index in [4.69, 9.17) is 16.3 Å². The van der Waals surface area contributed by atoms with Crippen molar-refractivity contribution in [3.8, 4) is 0 Å². The molecular formula is C19H22ClN3O3. The molecule has 1 saturated heterocycles. The van der Waals surface area contributed by atoms with Gasteiger partial charge in [-0.05, 0) is 18.6 Å². The molecule has 3 rings (SSSR count). The largest absolute Gasteiger partial charge is 0.379 e. The van der Waals surface area contributed by atoms with Crippen LogP contribution in [-0.4, -0.2) is 42.7 Å². The Bertz CT molecular complexity index is 761. The second-order valence-electron chi connectivity index (χ2n) is 6.44. The maximum Gasteiger partial charge on any atom is 0.271 e. The minimum atomic E-state index is -0.444. The van der Waals surface area contributed by atoms with Gasteiger partial charge in [0.1, 0.15) is 0 Å². The van der Waals surface area contributed by atoms with E-state index in [2.05, 4.69) is 41.4 Å². The number of benzene rings is 2. The summed E-state index contributed by atoms with van der Waals surface area (Å²) in [5.41, 5.74) is 3.03. The van der Waals surface area contributed by atoms with E-state index >= 15 is 0 Å². The van der Waals surface area contributed by atoms with E-state index in [1.807, 2.05) is 0 Å². The number of ether oxygens (including phenoxy) is 1. The Hall–Kier alpha value is -2.15. The van der Waals surface area contributed by atoms with Gasteiger partial charge in [-0.15, -0.1) is 0 Å². The van der Waals surface area contributed by atoms with Gasteiger partial charge in [0, 0.05) is 31.8 Å². The molecule has 0 aliphatic carbocycles. The van der Waals surface area contributed by atoms with E-state index in [1.54, 1.807) is 6.07 Å². The van der Waals surface area contributed by atoms with Gasteiger partial charge in [-0.3, -0.25) is 15.0 Å². The molecule has 0 amide bonds. The molecule has 2 aromatic carbocycles. The maximum absolute atomic E-state index is 10.9. The number of nitrogens with one attached hydrogen (secondary N) is 1. The quantitative estimate of drug-likeness (QED) is 0.609. The molecule has 0 aromatic heterocycles. The van der Waals surface area contributed by atoms with Gasteiger partial charge in [0.15, 0.2) is 0 Å². The molecule has 138 valence electrons. The van der Waals surface area contributed by atoms with E-state index in [0.717, 1.165) is 38.4 Å². The summed E-state index contributed by atoms with van der Waals surface area (Å²) in [4.78, 5) is 12.8. The highest BCUT2D eigenvalue weighted by molar-refractivity contribution is 6.33. The number of anilines is 1. The third-order valence-electron chi connectivity index (χ3n) is 4.52. The van der Waals surface area contributed by atoms with Gasteiger partial charge in [0.25, 0.3) is 5.69 Å². The van der Waals surface area contributed by atoms with Crippen LogP contribution in [0.5, 0.6) is 0 Å². The number of hydrogen-bond acceptors (Lipinski definition) is 5. The summed E-state index contributed by atoms with van der Waals surface area (Å²) < 4.78 is 5.43. The summed E-state index contributed by atoms with van der Waals surface area (Å²) in [5.74, 6) is 0. The number of nitro groups is 1. The molecule has 0 radical (unpaired) electrons. The molecule has 1 heterocycles. The molecule has 0 saturated carbocycles. The molecule has 1 fully saturated rings. The maximum atomic E-state index is 10.9. The molecule has 7 heteroatoms. The summed E-state index contributed by atoms with van der Waals surface area (Å²) in [6, 6.07) is 12.9. The average Bonchev–Trinajstić information content (AvgIpc) is 2.64. The fourth-order valence-electron chi connectivity index (χ4n) is 3.00. The van der Waals surface area contributed by atoms with E-state index in [-0.39, 0.29) is 11.7 Å². The van der Waals surface area contributed by atoms with Crippen LogP contribution in [0.2, 0.25) is 5.02 Å². The second kappa shape index (κ2) is 8.49. The first kappa shape index (κ1) is 18.6. The third kappa shape index (κ3) is 4.72. The van der Waals surface area contributed by atoms with Crippen LogP contribution < -0.4 is 5.32 Å². The first-order valence-corrected chi connectivity index (χ1v) is 8.98. The first-order chi connectivity index (χ1) is 12.5. The number of non-ortho nitro benzene ring substituents is 1. The smallest absolute Gasteiger partial charge is 0.271 e. The summed E-state index contributed by atoms with van der Waals surface area (Å²) in [6.45, 7) is 6.11. The SMILES string of the molecule is Cc1ccc(C(CN2CCOCC2)Nc2ccc([N+](=O)[O-])cc2Cl)cc1. The van der Waals surface area contributed by atoms with Crippen molar-refractivity contribution in [3.05, 3.63) is 68.7 Å². The number of halogens is 1. The Morgan fingerprint density at radius 1 is 1.23 bits per heavy atom. The molecule has 1 aliphatic rings. The monoisotopic (exact) mass is 375 g/mol. The average molecular weight is 376 g/mol. The van der Waals surface area contributed by atoms with Crippen molar-refractivity contribution < 1.29 is 9.66 Å². The molecule has 1 aliphatic heterocycles. The number of morpholine rings is 1. The highest BCUT2D eigenvalue weighted by atomic mass is 35.5. The lowest BCUT2D eigenvalue weighted by molar-refractivity contribution is -0.384. The van der Waals surface area contributed by atoms with Gasteiger partial charge in [0.2, 0.25) is 0 Å². The Morgan fingerprint density at radius 3 is 2.54 bits per heavy atom. The van der Waals surface area contributed by atoms with Crippen LogP contribution in [0.15, 0.2) is 42.5 Å². The molecule has 1 N–H and O–H groups in total. The van der Waals surface area contributed by atoms with Crippen LogP contribution >= 0.6 is 11.6 Å². The predicted molar refractivity (Wildman–Crippen MR) is 103 cm³/mol. The van der Waals surface area contributed by atoms with Crippen molar-refractivity contribution in [1.29, 1.82) is 0 Å². The normalized spacial score (nSPS) is 16.2. The Kier molecular flexibility index (Phi) is 6.08. The Labute approximate surface area is 157 Å². The summed E-state index contributed by atoms with van der Waals surface area (Å²) in [5, 5.41) is 14.7. The van der Waals surface area contributed by atoms with Gasteiger partial charge in [-0.25, -0.2) is 0 Å². The topological polar surface area (TPSA) is 67.6 Å². The van der Waals surface area contributed by atoms with E-state index in [0.29, 0.717) is 10.7 Å². The van der Waals surface area contributed by atoms with Crippen LogP contribution in [0.3, 0.4) is 0 Å². The van der Waals surface area contributed by atoms with E-state index < -0.39 is 4.92 Å². The number of nitrogens with zero attached hydrogens (tertiary/aromatic N) is 2. The fraction of sp³-hybridized carbons (Fsp3) is 0.368. The summed E-state index contributed by atoms with van der Waals surface area (Å²) in [6.07, 6.45) is 0. The lowest BCUT2D eigenvalue weighted by Gasteiger charge is -2.31. The third-order valence-corrected chi connectivity index (χ3v) is 4.83. The molecule has 1 atom stereocenters. The number of hydrogen-bond donors (Lipinski definition) is 1. The molecule has 2 aromatic rings. The van der Waals surface area contributed by atoms with E-state index in [9.17, 15) is 10.1 Å². The molecule has 0 spiro atoms. The zero-order valence-corrected chi connectivity index (χ0v) is 15.4. The van der Waals surface area contributed by atoms with Crippen LogP contribution in [0.1, 0.15) is 17.2 Å². The minimum Gasteiger partial charge on any atom is -0.379 e. The molecule has 0 bridgehead atoms. The lowest BCUT2D eigenvalue weighted by Crippen LogP contribution is -2.40. The van der Waals surface area contributed by atoms with E-state index in [1.165, 1.54) is 17.7 Å². The van der Waals surface area contributed by atoms with Gasteiger partial charge >= 0.3 is 0 Å². The van der Waals surface area contributed by atoms with Gasteiger partial charge in [0.05, 0.1) is 34.9 Å². The van der Waals surface area contributed by atoms with Crippen molar-refractivity contribution in [1.82, 2.24) is 4.90 Å². The minimum absolute atomic E-state index is 0.0133. The zero-order chi connectivity index (χ0) is 18.5. The molecule has 1 unspecified atom stereocenters. The Morgan fingerprint density at radius 2 is 1.92 bits per heavy atom. The summed E-state index contributed by atoms with van der Waals surface area (Å²) in [7, 11) is 0. The number of nitro benzene ring substituents is 1. The number of aryl methyl sites for hydroxylation is 1. The molecular weight excluding hydrogens is 354 g/mol. The van der Waals surface area contributed by atoms with Crippen LogP contribution in [-0.2, 0) is 4.74 Å².